The second-order valence-corrected chi connectivity index (χ2v) is 6.50. The monoisotopic (exact) mass is 354 g/mol. The first-order valence-corrected chi connectivity index (χ1v) is 8.66. The van der Waals surface area contributed by atoms with Crippen molar-refractivity contribution in [2.45, 2.75) is 6.54 Å². The molecule has 0 saturated carbocycles. The summed E-state index contributed by atoms with van der Waals surface area (Å²) in [6, 6.07) is 8.14. The summed E-state index contributed by atoms with van der Waals surface area (Å²) in [4.78, 5) is 16.9. The number of ether oxygens (including phenoxy) is 1. The number of fused-ring (bicyclic) bond motifs is 1. The second-order valence-electron chi connectivity index (χ2n) is 6.50. The Bertz CT molecular complexity index is 890. The van der Waals surface area contributed by atoms with Crippen molar-refractivity contribution >= 4 is 11.4 Å². The second kappa shape index (κ2) is 6.80. The number of hydrogen-bond donors (Lipinski definition) is 0. The normalized spacial score (nSPS) is 15.5. The lowest BCUT2D eigenvalue weighted by molar-refractivity contribution is 0.0623. The molecule has 8 nitrogen and oxygen atoms in total. The van der Waals surface area contributed by atoms with Crippen molar-refractivity contribution in [3.8, 4) is 5.88 Å². The van der Waals surface area contributed by atoms with Gasteiger partial charge in [0.25, 0.3) is 5.91 Å². The van der Waals surface area contributed by atoms with Gasteiger partial charge in [0.2, 0.25) is 5.88 Å². The van der Waals surface area contributed by atoms with Gasteiger partial charge in [-0.05, 0) is 18.2 Å². The molecule has 0 N–H and O–H groups in total. The maximum absolute atomic E-state index is 12.7. The zero-order chi connectivity index (χ0) is 18.1. The molecule has 8 heteroatoms. The third-order valence-electron chi connectivity index (χ3n) is 4.68. The van der Waals surface area contributed by atoms with Gasteiger partial charge in [-0.25, -0.2) is 4.52 Å². The van der Waals surface area contributed by atoms with Gasteiger partial charge in [0.15, 0.2) is 0 Å². The Morgan fingerprint density at radius 1 is 1.19 bits per heavy atom. The van der Waals surface area contributed by atoms with Crippen molar-refractivity contribution < 1.29 is 9.53 Å². The number of hydrogen-bond acceptors (Lipinski definition) is 5. The molecule has 0 atom stereocenters. The number of methoxy groups -OCH3 is 1. The molecular weight excluding hydrogens is 332 g/mol. The van der Waals surface area contributed by atoms with Gasteiger partial charge in [-0.2, -0.15) is 5.10 Å². The minimum atomic E-state index is -0.0256. The molecule has 3 aromatic heterocycles. The molecule has 1 amide bonds. The third kappa shape index (κ3) is 3.15. The van der Waals surface area contributed by atoms with Crippen LogP contribution in [0.15, 0.2) is 36.7 Å². The zero-order valence-electron chi connectivity index (χ0n) is 15.0. The van der Waals surface area contributed by atoms with Crippen LogP contribution < -0.4 is 4.74 Å². The van der Waals surface area contributed by atoms with Crippen LogP contribution in [0.5, 0.6) is 5.88 Å². The molecule has 0 aromatic carbocycles. The zero-order valence-corrected chi connectivity index (χ0v) is 15.0. The molecule has 1 aliphatic rings. The fourth-order valence-corrected chi connectivity index (χ4v) is 3.34. The summed E-state index contributed by atoms with van der Waals surface area (Å²) in [6.07, 6.45) is 3.67. The number of carbonyl (C=O) groups excluding carboxylic acids is 1. The minimum Gasteiger partial charge on any atom is -0.479 e. The van der Waals surface area contributed by atoms with Gasteiger partial charge in [0.05, 0.1) is 18.3 Å². The highest BCUT2D eigenvalue weighted by Gasteiger charge is 2.26. The van der Waals surface area contributed by atoms with Gasteiger partial charge in [-0.3, -0.25) is 14.4 Å². The van der Waals surface area contributed by atoms with E-state index in [1.165, 1.54) is 7.11 Å². The van der Waals surface area contributed by atoms with Crippen molar-refractivity contribution in [1.29, 1.82) is 0 Å². The van der Waals surface area contributed by atoms with Crippen molar-refractivity contribution in [1.82, 2.24) is 29.2 Å². The summed E-state index contributed by atoms with van der Waals surface area (Å²) in [7, 11) is 3.32. The summed E-state index contributed by atoms with van der Waals surface area (Å²) in [5.74, 6) is 0.354. The fraction of sp³-hybridized carbons (Fsp3) is 0.389. The first-order chi connectivity index (χ1) is 12.6. The van der Waals surface area contributed by atoms with Crippen LogP contribution >= 0.6 is 0 Å². The number of aryl methyl sites for hydroxylation is 1. The predicted molar refractivity (Wildman–Crippen MR) is 96.1 cm³/mol. The SMILES string of the molecule is COc1nn(C)cc1C(=O)N1CCN(Cc2cc3ccccn3n2)CC1. The quantitative estimate of drug-likeness (QED) is 0.700. The van der Waals surface area contributed by atoms with E-state index in [0.717, 1.165) is 30.8 Å². The number of carbonyl (C=O) groups is 1. The number of pyridine rings is 1. The molecular formula is C18H22N6O2. The van der Waals surface area contributed by atoms with Gasteiger partial charge < -0.3 is 9.64 Å². The Labute approximate surface area is 151 Å². The van der Waals surface area contributed by atoms with Gasteiger partial charge in [-0.1, -0.05) is 6.07 Å². The van der Waals surface area contributed by atoms with E-state index in [-0.39, 0.29) is 5.91 Å². The molecule has 26 heavy (non-hydrogen) atoms. The first-order valence-electron chi connectivity index (χ1n) is 8.66. The van der Waals surface area contributed by atoms with E-state index in [4.69, 9.17) is 4.74 Å². The van der Waals surface area contributed by atoms with E-state index in [1.807, 2.05) is 33.8 Å². The van der Waals surface area contributed by atoms with E-state index in [1.54, 1.807) is 17.9 Å². The average Bonchev–Trinajstić information content (AvgIpc) is 3.24. The van der Waals surface area contributed by atoms with Crippen LogP contribution in [0.1, 0.15) is 16.1 Å². The molecule has 0 aliphatic carbocycles. The van der Waals surface area contributed by atoms with E-state index in [2.05, 4.69) is 21.2 Å². The maximum atomic E-state index is 12.7. The summed E-state index contributed by atoms with van der Waals surface area (Å²) in [5.41, 5.74) is 2.66. The maximum Gasteiger partial charge on any atom is 0.261 e. The highest BCUT2D eigenvalue weighted by molar-refractivity contribution is 5.96. The van der Waals surface area contributed by atoms with Crippen LogP contribution in [-0.2, 0) is 13.6 Å². The third-order valence-corrected chi connectivity index (χ3v) is 4.68. The highest BCUT2D eigenvalue weighted by Crippen LogP contribution is 2.19. The molecule has 4 rings (SSSR count). The van der Waals surface area contributed by atoms with E-state index >= 15 is 0 Å². The predicted octanol–water partition coefficient (Wildman–Crippen LogP) is 1.03. The molecule has 3 aromatic rings. The van der Waals surface area contributed by atoms with Crippen LogP contribution in [0.4, 0.5) is 0 Å². The lowest BCUT2D eigenvalue weighted by Crippen LogP contribution is -2.48. The van der Waals surface area contributed by atoms with Gasteiger partial charge in [-0.15, -0.1) is 5.10 Å². The summed E-state index contributed by atoms with van der Waals surface area (Å²) in [6.45, 7) is 3.80. The van der Waals surface area contributed by atoms with Crippen LogP contribution in [0.25, 0.3) is 5.52 Å². The average molecular weight is 354 g/mol. The molecule has 0 unspecified atom stereocenters. The Morgan fingerprint density at radius 2 is 2.00 bits per heavy atom. The van der Waals surface area contributed by atoms with Gasteiger partial charge in [0, 0.05) is 52.2 Å². The van der Waals surface area contributed by atoms with E-state index in [0.29, 0.717) is 24.5 Å². The summed E-state index contributed by atoms with van der Waals surface area (Å²) < 4.78 is 8.70. The van der Waals surface area contributed by atoms with Crippen molar-refractivity contribution in [2.75, 3.05) is 33.3 Å². The summed E-state index contributed by atoms with van der Waals surface area (Å²) in [5, 5.41) is 8.76. The van der Waals surface area contributed by atoms with Crippen molar-refractivity contribution in [3.05, 3.63) is 47.9 Å². The fourth-order valence-electron chi connectivity index (χ4n) is 3.34. The molecule has 0 radical (unpaired) electrons. The molecule has 4 heterocycles. The lowest BCUT2D eigenvalue weighted by Gasteiger charge is -2.34. The largest absolute Gasteiger partial charge is 0.479 e. The van der Waals surface area contributed by atoms with Crippen molar-refractivity contribution in [3.63, 3.8) is 0 Å². The standard InChI is InChI=1S/C18H22N6O2/c1-21-13-16(17(20-21)26-2)18(25)23-9-7-22(8-10-23)12-14-11-15-5-3-4-6-24(15)19-14/h3-6,11,13H,7-10,12H2,1-2H3. The Balaban J connectivity index is 1.38. The van der Waals surface area contributed by atoms with Gasteiger partial charge >= 0.3 is 0 Å². The van der Waals surface area contributed by atoms with Crippen LogP contribution in [0.3, 0.4) is 0 Å². The van der Waals surface area contributed by atoms with Crippen LogP contribution in [-0.4, -0.2) is 68.4 Å². The van der Waals surface area contributed by atoms with E-state index < -0.39 is 0 Å². The number of aromatic nitrogens is 4. The first kappa shape index (κ1) is 16.6. The number of piperazine rings is 1. The van der Waals surface area contributed by atoms with Crippen LogP contribution in [0.2, 0.25) is 0 Å². The van der Waals surface area contributed by atoms with Crippen LogP contribution in [0, 0.1) is 0 Å². The number of amides is 1. The molecule has 0 bridgehead atoms. The van der Waals surface area contributed by atoms with Gasteiger partial charge in [0.1, 0.15) is 5.56 Å². The molecule has 1 saturated heterocycles. The summed E-state index contributed by atoms with van der Waals surface area (Å²) >= 11 is 0. The smallest absolute Gasteiger partial charge is 0.261 e. The number of nitrogens with zero attached hydrogens (tertiary/aromatic N) is 6. The van der Waals surface area contributed by atoms with Crippen molar-refractivity contribution in [2.24, 2.45) is 7.05 Å². The Hall–Kier alpha value is -2.87. The van der Waals surface area contributed by atoms with E-state index in [9.17, 15) is 4.79 Å². The topological polar surface area (TPSA) is 67.9 Å². The molecule has 1 fully saturated rings. The lowest BCUT2D eigenvalue weighted by atomic mass is 10.2. The number of rotatable bonds is 4. The minimum absolute atomic E-state index is 0.0256. The Morgan fingerprint density at radius 3 is 2.73 bits per heavy atom. The highest BCUT2D eigenvalue weighted by atomic mass is 16.5. The molecule has 1 aliphatic heterocycles. The molecule has 0 spiro atoms. The Kier molecular flexibility index (Phi) is 4.34. The molecule has 136 valence electrons.